The summed E-state index contributed by atoms with van der Waals surface area (Å²) in [5.74, 6) is -1.97. The lowest BCUT2D eigenvalue weighted by Gasteiger charge is -2.22. The molecule has 0 radical (unpaired) electrons. The molecule has 1 atom stereocenters. The highest BCUT2D eigenvalue weighted by atomic mass is 32.2. The van der Waals surface area contributed by atoms with E-state index in [9.17, 15) is 18.0 Å². The minimum atomic E-state index is -3.85. The van der Waals surface area contributed by atoms with Gasteiger partial charge in [0.2, 0.25) is 0 Å². The van der Waals surface area contributed by atoms with Crippen molar-refractivity contribution in [2.45, 2.75) is 32.1 Å². The van der Waals surface area contributed by atoms with Crippen LogP contribution >= 0.6 is 11.3 Å². The fourth-order valence-corrected chi connectivity index (χ4v) is 5.81. The van der Waals surface area contributed by atoms with Crippen molar-refractivity contribution in [2.75, 3.05) is 17.5 Å². The highest BCUT2D eigenvalue weighted by molar-refractivity contribution is 7.93. The van der Waals surface area contributed by atoms with Gasteiger partial charge in [-0.15, -0.1) is 11.3 Å². The van der Waals surface area contributed by atoms with Crippen molar-refractivity contribution in [3.8, 4) is 0 Å². The van der Waals surface area contributed by atoms with Crippen molar-refractivity contribution in [1.82, 2.24) is 0 Å². The molecule has 27 heavy (non-hydrogen) atoms. The zero-order valence-corrected chi connectivity index (χ0v) is 17.0. The summed E-state index contributed by atoms with van der Waals surface area (Å²) in [7, 11) is -3.85. The molecule has 1 aliphatic rings. The van der Waals surface area contributed by atoms with Crippen LogP contribution in [0, 0.1) is 19.8 Å². The van der Waals surface area contributed by atoms with E-state index >= 15 is 0 Å². The number of hydrogen-bond donors (Lipinski definition) is 0. The number of carbonyl (C=O) groups is 2. The molecule has 0 bridgehead atoms. The third kappa shape index (κ3) is 3.64. The predicted molar refractivity (Wildman–Crippen MR) is 104 cm³/mol. The van der Waals surface area contributed by atoms with Crippen molar-refractivity contribution in [3.05, 3.63) is 46.3 Å². The number of Topliss-reactive ketones (excluding diaryl/α,β-unsaturated/α-hetero) is 1. The number of hydrogen-bond acceptors (Lipinski definition) is 6. The quantitative estimate of drug-likeness (QED) is 0.574. The van der Waals surface area contributed by atoms with E-state index in [0.29, 0.717) is 5.00 Å². The first kappa shape index (κ1) is 19.6. The first-order valence-corrected chi connectivity index (χ1v) is 10.9. The largest absolute Gasteiger partial charge is 0.465 e. The summed E-state index contributed by atoms with van der Waals surface area (Å²) in [5.41, 5.74) is 1.22. The summed E-state index contributed by atoms with van der Waals surface area (Å²) in [5, 5.41) is 0.366. The molecule has 0 N–H and O–H groups in total. The molecular weight excluding hydrogens is 386 g/mol. The smallest absolute Gasteiger partial charge is 0.316 e. The number of anilines is 1. The Bertz CT molecular complexity index is 976. The van der Waals surface area contributed by atoms with Gasteiger partial charge in [0.25, 0.3) is 10.0 Å². The lowest BCUT2D eigenvalue weighted by atomic mass is 9.97. The van der Waals surface area contributed by atoms with E-state index in [1.165, 1.54) is 15.6 Å². The van der Waals surface area contributed by atoms with Crippen molar-refractivity contribution in [1.29, 1.82) is 0 Å². The Labute approximate surface area is 162 Å². The topological polar surface area (TPSA) is 80.8 Å². The second-order valence-electron chi connectivity index (χ2n) is 6.42. The first-order chi connectivity index (χ1) is 12.8. The first-order valence-electron chi connectivity index (χ1n) is 8.66. The number of esters is 1. The number of sulfonamides is 1. The van der Waals surface area contributed by atoms with Gasteiger partial charge in [-0.1, -0.05) is 17.7 Å². The van der Waals surface area contributed by atoms with E-state index in [1.807, 2.05) is 13.8 Å². The monoisotopic (exact) mass is 407 g/mol. The number of aryl methyl sites for hydroxylation is 2. The van der Waals surface area contributed by atoms with E-state index < -0.39 is 21.9 Å². The summed E-state index contributed by atoms with van der Waals surface area (Å²) in [6, 6.07) is 8.23. The van der Waals surface area contributed by atoms with E-state index in [4.69, 9.17) is 4.74 Å². The molecule has 1 unspecified atom stereocenters. The number of fused-ring (bicyclic) bond motifs is 1. The number of thiophene rings is 1. The number of benzene rings is 1. The van der Waals surface area contributed by atoms with Crippen LogP contribution in [0.1, 0.15) is 34.1 Å². The molecule has 2 heterocycles. The fourth-order valence-electron chi connectivity index (χ4n) is 3.06. The predicted octanol–water partition coefficient (Wildman–Crippen LogP) is 3.33. The third-order valence-corrected chi connectivity index (χ3v) is 7.45. The van der Waals surface area contributed by atoms with Gasteiger partial charge in [-0.05, 0) is 45.4 Å². The van der Waals surface area contributed by atoms with Gasteiger partial charge < -0.3 is 4.74 Å². The summed E-state index contributed by atoms with van der Waals surface area (Å²) in [6.45, 7) is 5.57. The van der Waals surface area contributed by atoms with Gasteiger partial charge in [0.05, 0.1) is 17.1 Å². The lowest BCUT2D eigenvalue weighted by Crippen LogP contribution is -2.32. The van der Waals surface area contributed by atoms with Gasteiger partial charge in [-0.25, -0.2) is 8.42 Å². The molecule has 0 amide bonds. The number of carbonyl (C=O) groups excluding carboxylic acids is 2. The van der Waals surface area contributed by atoms with Crippen molar-refractivity contribution >= 4 is 38.1 Å². The summed E-state index contributed by atoms with van der Waals surface area (Å²) >= 11 is 1.24. The van der Waals surface area contributed by atoms with E-state index in [0.717, 1.165) is 10.4 Å². The molecule has 1 aromatic heterocycles. The van der Waals surface area contributed by atoms with Crippen LogP contribution < -0.4 is 4.31 Å². The molecule has 1 aliphatic heterocycles. The molecule has 0 fully saturated rings. The molecular formula is C19H21NO5S2. The van der Waals surface area contributed by atoms with Gasteiger partial charge in [0.1, 0.15) is 10.9 Å². The second-order valence-corrected chi connectivity index (χ2v) is 9.52. The summed E-state index contributed by atoms with van der Waals surface area (Å²) < 4.78 is 32.7. The van der Waals surface area contributed by atoms with E-state index in [2.05, 4.69) is 0 Å². The zero-order valence-electron chi connectivity index (χ0n) is 15.4. The van der Waals surface area contributed by atoms with Crippen LogP contribution in [0.5, 0.6) is 0 Å². The average molecular weight is 408 g/mol. The third-order valence-electron chi connectivity index (χ3n) is 4.45. The van der Waals surface area contributed by atoms with E-state index in [1.54, 1.807) is 37.3 Å². The maximum absolute atomic E-state index is 13.2. The number of ether oxygens (including phenoxy) is 1. The van der Waals surface area contributed by atoms with Crippen molar-refractivity contribution in [2.24, 2.45) is 5.92 Å². The van der Waals surface area contributed by atoms with Crippen LogP contribution in [-0.2, 0) is 19.6 Å². The molecule has 0 spiro atoms. The van der Waals surface area contributed by atoms with Gasteiger partial charge in [-0.3, -0.25) is 13.9 Å². The number of nitrogens with zero attached hydrogens (tertiary/aromatic N) is 1. The lowest BCUT2D eigenvalue weighted by molar-refractivity contribution is -0.146. The molecule has 0 aliphatic carbocycles. The van der Waals surface area contributed by atoms with Crippen LogP contribution in [0.4, 0.5) is 5.00 Å². The highest BCUT2D eigenvalue weighted by Crippen LogP contribution is 2.39. The summed E-state index contributed by atoms with van der Waals surface area (Å²) in [6.07, 6.45) is 0.0865. The Balaban J connectivity index is 2.07. The minimum absolute atomic E-state index is 0.0401. The SMILES string of the molecule is CCOC(=O)C1CCN(S(=O)(=O)c2ccc(C)cc2)c2sc(C)cc2C1=O. The molecule has 2 aromatic rings. The average Bonchev–Trinajstić information content (AvgIpc) is 2.93. The molecule has 0 saturated heterocycles. The van der Waals surface area contributed by atoms with Crippen LogP contribution in [-0.4, -0.2) is 33.3 Å². The molecule has 0 saturated carbocycles. The fraction of sp³-hybridized carbons (Fsp3) is 0.368. The Morgan fingerprint density at radius 1 is 1.26 bits per heavy atom. The van der Waals surface area contributed by atoms with Crippen LogP contribution in [0.2, 0.25) is 0 Å². The Morgan fingerprint density at radius 3 is 2.56 bits per heavy atom. The van der Waals surface area contributed by atoms with Crippen LogP contribution in [0.25, 0.3) is 0 Å². The zero-order chi connectivity index (χ0) is 19.8. The molecule has 8 heteroatoms. The maximum Gasteiger partial charge on any atom is 0.316 e. The van der Waals surface area contributed by atoms with Gasteiger partial charge in [0.15, 0.2) is 5.78 Å². The molecule has 1 aromatic carbocycles. The van der Waals surface area contributed by atoms with Crippen LogP contribution in [0.15, 0.2) is 35.2 Å². The van der Waals surface area contributed by atoms with Gasteiger partial charge >= 0.3 is 5.97 Å². The number of ketones is 1. The van der Waals surface area contributed by atoms with E-state index in [-0.39, 0.29) is 35.8 Å². The molecule has 144 valence electrons. The van der Waals surface area contributed by atoms with Gasteiger partial charge in [0, 0.05) is 11.4 Å². The van der Waals surface area contributed by atoms with Crippen molar-refractivity contribution < 1.29 is 22.7 Å². The van der Waals surface area contributed by atoms with Gasteiger partial charge in [-0.2, -0.15) is 0 Å². The van der Waals surface area contributed by atoms with Crippen LogP contribution in [0.3, 0.4) is 0 Å². The van der Waals surface area contributed by atoms with Crippen molar-refractivity contribution in [3.63, 3.8) is 0 Å². The molecule has 6 nitrogen and oxygen atoms in total. The Hall–Kier alpha value is -2.19. The standard InChI is InChI=1S/C19H21NO5S2/c1-4-25-19(22)15-9-10-20(18-16(17(15)21)11-13(3)26-18)27(23,24)14-7-5-12(2)6-8-14/h5-8,11,15H,4,9-10H2,1-3H3. The Morgan fingerprint density at radius 2 is 1.93 bits per heavy atom. The summed E-state index contributed by atoms with van der Waals surface area (Å²) in [4.78, 5) is 26.1. The highest BCUT2D eigenvalue weighted by Gasteiger charge is 2.39. The Kier molecular flexibility index (Phi) is 5.39. The minimum Gasteiger partial charge on any atom is -0.465 e. The second kappa shape index (κ2) is 7.44. The molecule has 3 rings (SSSR count). The normalized spacial score (nSPS) is 17.4. The number of rotatable bonds is 4. The maximum atomic E-state index is 13.2.